The molecule has 0 atom stereocenters. The number of benzene rings is 2. The third-order valence-electron chi connectivity index (χ3n) is 5.60. The molecular weight excluding hydrogens is 394 g/mol. The Labute approximate surface area is 181 Å². The normalized spacial score (nSPS) is 12.8. The molecule has 0 unspecified atom stereocenters. The van der Waals surface area contributed by atoms with Gasteiger partial charge in [0.15, 0.2) is 11.0 Å². The first kappa shape index (κ1) is 20.5. The van der Waals surface area contributed by atoms with Gasteiger partial charge in [0.1, 0.15) is 0 Å². The minimum Gasteiger partial charge on any atom is -0.372 e. The maximum atomic E-state index is 12.8. The lowest BCUT2D eigenvalue weighted by atomic mass is 10.2. The fraction of sp³-hybridized carbons (Fsp3) is 0.348. The van der Waals surface area contributed by atoms with Gasteiger partial charge in [-0.25, -0.2) is 0 Å². The van der Waals surface area contributed by atoms with E-state index in [9.17, 15) is 4.79 Å². The predicted molar refractivity (Wildman–Crippen MR) is 123 cm³/mol. The molecule has 0 fully saturated rings. The molecule has 156 valence electrons. The Hall–Kier alpha value is -2.80. The van der Waals surface area contributed by atoms with Gasteiger partial charge in [0.05, 0.1) is 5.75 Å². The molecule has 7 heteroatoms. The SMILES string of the molecule is CCN(CC)c1ccc(-c2nnc(SCC(=O)N3CCc4ccccc43)n2C)cc1. The highest BCUT2D eigenvalue weighted by Gasteiger charge is 2.24. The highest BCUT2D eigenvalue weighted by molar-refractivity contribution is 7.99. The maximum Gasteiger partial charge on any atom is 0.237 e. The molecule has 0 N–H and O–H groups in total. The molecule has 2 aromatic carbocycles. The van der Waals surface area contributed by atoms with Crippen LogP contribution in [0, 0.1) is 0 Å². The summed E-state index contributed by atoms with van der Waals surface area (Å²) in [5.41, 5.74) is 4.50. The van der Waals surface area contributed by atoms with Crippen LogP contribution in [0.1, 0.15) is 19.4 Å². The molecule has 1 aromatic heterocycles. The van der Waals surface area contributed by atoms with Gasteiger partial charge in [-0.05, 0) is 56.2 Å². The Bertz CT molecular complexity index is 1030. The van der Waals surface area contributed by atoms with E-state index in [0.29, 0.717) is 5.75 Å². The summed E-state index contributed by atoms with van der Waals surface area (Å²) in [6.07, 6.45) is 0.921. The van der Waals surface area contributed by atoms with Crippen LogP contribution >= 0.6 is 11.8 Å². The Morgan fingerprint density at radius 1 is 1.07 bits per heavy atom. The number of hydrogen-bond acceptors (Lipinski definition) is 5. The molecule has 30 heavy (non-hydrogen) atoms. The average Bonchev–Trinajstić information content (AvgIpc) is 3.37. The number of hydrogen-bond donors (Lipinski definition) is 0. The quantitative estimate of drug-likeness (QED) is 0.540. The lowest BCUT2D eigenvalue weighted by Crippen LogP contribution is -2.30. The van der Waals surface area contributed by atoms with E-state index < -0.39 is 0 Å². The van der Waals surface area contributed by atoms with Crippen LogP contribution in [0.4, 0.5) is 11.4 Å². The predicted octanol–water partition coefficient (Wildman–Crippen LogP) is 4.01. The van der Waals surface area contributed by atoms with Crippen LogP contribution in [-0.4, -0.2) is 46.1 Å². The van der Waals surface area contributed by atoms with E-state index in [4.69, 9.17) is 0 Å². The summed E-state index contributed by atoms with van der Waals surface area (Å²) in [5, 5.41) is 9.43. The minimum atomic E-state index is 0.109. The number of fused-ring (bicyclic) bond motifs is 1. The summed E-state index contributed by atoms with van der Waals surface area (Å²) < 4.78 is 1.96. The van der Waals surface area contributed by atoms with Gasteiger partial charge >= 0.3 is 0 Å². The molecule has 4 rings (SSSR count). The molecule has 0 spiro atoms. The van der Waals surface area contributed by atoms with Crippen molar-refractivity contribution < 1.29 is 4.79 Å². The molecule has 0 radical (unpaired) electrons. The standard InChI is InChI=1S/C23H27N5OS/c1-4-27(5-2)19-12-10-18(11-13-19)22-24-25-23(26(22)3)30-16-21(29)28-15-14-17-8-6-7-9-20(17)28/h6-13H,4-5,14-16H2,1-3H3. The zero-order chi connectivity index (χ0) is 21.1. The molecule has 2 heterocycles. The van der Waals surface area contributed by atoms with E-state index in [1.165, 1.54) is 23.0 Å². The lowest BCUT2D eigenvalue weighted by Gasteiger charge is -2.21. The molecule has 1 aliphatic rings. The van der Waals surface area contributed by atoms with E-state index in [1.54, 1.807) is 0 Å². The number of nitrogens with zero attached hydrogens (tertiary/aromatic N) is 5. The first-order valence-electron chi connectivity index (χ1n) is 10.4. The van der Waals surface area contributed by atoms with E-state index in [1.807, 2.05) is 34.7 Å². The third kappa shape index (κ3) is 3.94. The number of carbonyl (C=O) groups excluding carboxylic acids is 1. The molecule has 0 aliphatic carbocycles. The van der Waals surface area contributed by atoms with Crippen LogP contribution in [0.5, 0.6) is 0 Å². The van der Waals surface area contributed by atoms with E-state index in [-0.39, 0.29) is 5.91 Å². The first-order chi connectivity index (χ1) is 14.6. The first-order valence-corrected chi connectivity index (χ1v) is 11.4. The number of amides is 1. The second kappa shape index (κ2) is 8.92. The largest absolute Gasteiger partial charge is 0.372 e. The highest BCUT2D eigenvalue weighted by Crippen LogP contribution is 2.29. The second-order valence-corrected chi connectivity index (χ2v) is 8.24. The molecule has 1 aliphatic heterocycles. The van der Waals surface area contributed by atoms with E-state index in [2.05, 4.69) is 59.3 Å². The third-order valence-corrected chi connectivity index (χ3v) is 6.61. The second-order valence-electron chi connectivity index (χ2n) is 7.30. The number of anilines is 2. The monoisotopic (exact) mass is 421 g/mol. The summed E-state index contributed by atoms with van der Waals surface area (Å²) in [6.45, 7) is 7.03. The summed E-state index contributed by atoms with van der Waals surface area (Å²) in [6, 6.07) is 16.5. The zero-order valence-corrected chi connectivity index (χ0v) is 18.5. The van der Waals surface area contributed by atoms with Crippen molar-refractivity contribution in [1.29, 1.82) is 0 Å². The summed E-state index contributed by atoms with van der Waals surface area (Å²) in [7, 11) is 1.95. The van der Waals surface area contributed by atoms with Crippen LogP contribution in [0.25, 0.3) is 11.4 Å². The smallest absolute Gasteiger partial charge is 0.237 e. The summed E-state index contributed by atoms with van der Waals surface area (Å²) >= 11 is 1.44. The van der Waals surface area contributed by atoms with Gasteiger partial charge in [-0.2, -0.15) is 0 Å². The van der Waals surface area contributed by atoms with Crippen molar-refractivity contribution in [3.8, 4) is 11.4 Å². The molecule has 1 amide bonds. The molecular formula is C23H27N5OS. The molecule has 0 bridgehead atoms. The fourth-order valence-electron chi connectivity index (χ4n) is 3.90. The molecule has 3 aromatic rings. The van der Waals surface area contributed by atoms with Gasteiger partial charge in [-0.3, -0.25) is 4.79 Å². The number of aromatic nitrogens is 3. The Morgan fingerprint density at radius 3 is 2.53 bits per heavy atom. The Balaban J connectivity index is 1.43. The van der Waals surface area contributed by atoms with Crippen LogP contribution in [0.2, 0.25) is 0 Å². The lowest BCUT2D eigenvalue weighted by molar-refractivity contribution is -0.116. The summed E-state index contributed by atoms with van der Waals surface area (Å²) in [5.74, 6) is 1.27. The number of thioether (sulfide) groups is 1. The highest BCUT2D eigenvalue weighted by atomic mass is 32.2. The molecule has 0 saturated heterocycles. The van der Waals surface area contributed by atoms with Crippen molar-refractivity contribution in [2.75, 3.05) is 35.2 Å². The Kier molecular flexibility index (Phi) is 6.08. The molecule has 0 saturated carbocycles. The van der Waals surface area contributed by atoms with Crippen LogP contribution in [-0.2, 0) is 18.3 Å². The van der Waals surface area contributed by atoms with Crippen molar-refractivity contribution in [3.05, 3.63) is 54.1 Å². The number of rotatable bonds is 7. The number of carbonyl (C=O) groups is 1. The zero-order valence-electron chi connectivity index (χ0n) is 17.7. The van der Waals surface area contributed by atoms with Crippen molar-refractivity contribution >= 4 is 29.0 Å². The number of para-hydroxylation sites is 1. The van der Waals surface area contributed by atoms with E-state index >= 15 is 0 Å². The van der Waals surface area contributed by atoms with Crippen molar-refractivity contribution in [3.63, 3.8) is 0 Å². The fourth-order valence-corrected chi connectivity index (χ4v) is 4.69. The Morgan fingerprint density at radius 2 is 1.80 bits per heavy atom. The van der Waals surface area contributed by atoms with Gasteiger partial charge in [0.2, 0.25) is 5.91 Å². The molecule has 6 nitrogen and oxygen atoms in total. The van der Waals surface area contributed by atoms with Crippen LogP contribution < -0.4 is 9.80 Å². The van der Waals surface area contributed by atoms with Crippen molar-refractivity contribution in [1.82, 2.24) is 14.8 Å². The van der Waals surface area contributed by atoms with Gasteiger partial charge in [0, 0.05) is 43.6 Å². The van der Waals surface area contributed by atoms with Gasteiger partial charge in [-0.15, -0.1) is 10.2 Å². The summed E-state index contributed by atoms with van der Waals surface area (Å²) in [4.78, 5) is 17.0. The van der Waals surface area contributed by atoms with Gasteiger partial charge in [-0.1, -0.05) is 30.0 Å². The minimum absolute atomic E-state index is 0.109. The van der Waals surface area contributed by atoms with Gasteiger partial charge in [0.25, 0.3) is 0 Å². The topological polar surface area (TPSA) is 54.3 Å². The van der Waals surface area contributed by atoms with Crippen molar-refractivity contribution in [2.24, 2.45) is 7.05 Å². The van der Waals surface area contributed by atoms with Crippen molar-refractivity contribution in [2.45, 2.75) is 25.4 Å². The van der Waals surface area contributed by atoms with Crippen LogP contribution in [0.3, 0.4) is 0 Å². The van der Waals surface area contributed by atoms with Gasteiger partial charge < -0.3 is 14.4 Å². The maximum absolute atomic E-state index is 12.8. The van der Waals surface area contributed by atoms with Crippen LogP contribution in [0.15, 0.2) is 53.7 Å². The van der Waals surface area contributed by atoms with E-state index in [0.717, 1.165) is 48.3 Å². The average molecular weight is 422 g/mol.